The van der Waals surface area contributed by atoms with Crippen molar-refractivity contribution in [2.24, 2.45) is 0 Å². The summed E-state index contributed by atoms with van der Waals surface area (Å²) in [5, 5.41) is 2.67. The Bertz CT molecular complexity index is 910. The van der Waals surface area contributed by atoms with Crippen molar-refractivity contribution in [2.75, 3.05) is 31.6 Å². The number of carbonyl (C=O) groups excluding carboxylic acids is 1. The first kappa shape index (κ1) is 20.2. The predicted octanol–water partition coefficient (Wildman–Crippen LogP) is 2.25. The molecule has 0 aromatic heterocycles. The average Bonchev–Trinajstić information content (AvgIpc) is 2.70. The van der Waals surface area contributed by atoms with Gasteiger partial charge in [-0.2, -0.15) is 4.31 Å². The highest BCUT2D eigenvalue weighted by molar-refractivity contribution is 7.89. The number of anilines is 1. The van der Waals surface area contributed by atoms with Crippen LogP contribution in [0.1, 0.15) is 6.92 Å². The number of halogens is 1. The maximum atomic E-state index is 12.9. The van der Waals surface area contributed by atoms with Crippen molar-refractivity contribution in [3.05, 3.63) is 54.3 Å². The van der Waals surface area contributed by atoms with Crippen LogP contribution in [0.4, 0.5) is 10.1 Å². The van der Waals surface area contributed by atoms with Crippen LogP contribution >= 0.6 is 0 Å². The van der Waals surface area contributed by atoms with Crippen LogP contribution in [-0.4, -0.2) is 51.0 Å². The van der Waals surface area contributed by atoms with Crippen LogP contribution < -0.4 is 10.1 Å². The van der Waals surface area contributed by atoms with Crippen molar-refractivity contribution in [2.45, 2.75) is 17.9 Å². The summed E-state index contributed by atoms with van der Waals surface area (Å²) in [6.45, 7) is 2.95. The predicted molar refractivity (Wildman–Crippen MR) is 101 cm³/mol. The van der Waals surface area contributed by atoms with E-state index in [0.29, 0.717) is 37.7 Å². The molecule has 1 amide bonds. The number of benzene rings is 2. The SMILES string of the molecule is C[C@@H](Oc1ccc(F)cc1)C(=O)Nc1ccc(S(=O)(=O)N2CCOCC2)cc1. The van der Waals surface area contributed by atoms with Crippen LogP contribution in [0.5, 0.6) is 5.75 Å². The van der Waals surface area contributed by atoms with Gasteiger partial charge in [0, 0.05) is 18.8 Å². The number of nitrogens with one attached hydrogen (secondary N) is 1. The molecule has 7 nitrogen and oxygen atoms in total. The fourth-order valence-corrected chi connectivity index (χ4v) is 4.07. The van der Waals surface area contributed by atoms with Gasteiger partial charge in [-0.25, -0.2) is 12.8 Å². The van der Waals surface area contributed by atoms with Crippen molar-refractivity contribution < 1.29 is 27.1 Å². The van der Waals surface area contributed by atoms with Crippen LogP contribution in [0.2, 0.25) is 0 Å². The minimum absolute atomic E-state index is 0.156. The van der Waals surface area contributed by atoms with E-state index in [2.05, 4.69) is 5.32 Å². The molecule has 1 heterocycles. The quantitative estimate of drug-likeness (QED) is 0.793. The summed E-state index contributed by atoms with van der Waals surface area (Å²) >= 11 is 0. The second-order valence-corrected chi connectivity index (χ2v) is 8.18. The number of nitrogens with zero attached hydrogens (tertiary/aromatic N) is 1. The number of hydrogen-bond donors (Lipinski definition) is 1. The first-order valence-electron chi connectivity index (χ1n) is 8.77. The fraction of sp³-hybridized carbons (Fsp3) is 0.316. The zero-order chi connectivity index (χ0) is 20.1. The molecule has 1 atom stereocenters. The number of hydrogen-bond acceptors (Lipinski definition) is 5. The fourth-order valence-electron chi connectivity index (χ4n) is 2.66. The van der Waals surface area contributed by atoms with Crippen molar-refractivity contribution in [3.8, 4) is 5.75 Å². The molecule has 0 bridgehead atoms. The van der Waals surface area contributed by atoms with Gasteiger partial charge >= 0.3 is 0 Å². The number of amides is 1. The molecule has 2 aromatic carbocycles. The number of morpholine rings is 1. The molecule has 2 aromatic rings. The van der Waals surface area contributed by atoms with Crippen molar-refractivity contribution >= 4 is 21.6 Å². The summed E-state index contributed by atoms with van der Waals surface area (Å²) in [4.78, 5) is 12.4. The van der Waals surface area contributed by atoms with Gasteiger partial charge in [-0.15, -0.1) is 0 Å². The number of sulfonamides is 1. The molecule has 1 saturated heterocycles. The Morgan fingerprint density at radius 2 is 1.71 bits per heavy atom. The highest BCUT2D eigenvalue weighted by atomic mass is 32.2. The molecule has 9 heteroatoms. The molecule has 0 saturated carbocycles. The summed E-state index contributed by atoms with van der Waals surface area (Å²) in [5.41, 5.74) is 0.445. The number of rotatable bonds is 6. The van der Waals surface area contributed by atoms with E-state index in [4.69, 9.17) is 9.47 Å². The van der Waals surface area contributed by atoms with Gasteiger partial charge < -0.3 is 14.8 Å². The van der Waals surface area contributed by atoms with Crippen LogP contribution in [0.25, 0.3) is 0 Å². The van der Waals surface area contributed by atoms with Gasteiger partial charge in [0.05, 0.1) is 18.1 Å². The second-order valence-electron chi connectivity index (χ2n) is 6.24. The lowest BCUT2D eigenvalue weighted by atomic mass is 10.3. The third kappa shape index (κ3) is 4.86. The van der Waals surface area contributed by atoms with Crippen molar-refractivity contribution in [1.29, 1.82) is 0 Å². The summed E-state index contributed by atoms with van der Waals surface area (Å²) in [7, 11) is -3.58. The summed E-state index contributed by atoms with van der Waals surface area (Å²) in [6, 6.07) is 11.3. The van der Waals surface area contributed by atoms with E-state index in [1.165, 1.54) is 52.8 Å². The number of carbonyl (C=O) groups is 1. The molecule has 1 fully saturated rings. The maximum absolute atomic E-state index is 12.9. The first-order chi connectivity index (χ1) is 13.4. The average molecular weight is 408 g/mol. The van der Waals surface area contributed by atoms with Gasteiger partial charge in [0.15, 0.2) is 6.10 Å². The minimum Gasteiger partial charge on any atom is -0.481 e. The van der Waals surface area contributed by atoms with Gasteiger partial charge in [-0.1, -0.05) is 0 Å². The minimum atomic E-state index is -3.58. The Morgan fingerprint density at radius 3 is 2.32 bits per heavy atom. The van der Waals surface area contributed by atoms with E-state index in [0.717, 1.165) is 0 Å². The molecule has 1 aliphatic heterocycles. The summed E-state index contributed by atoms with van der Waals surface area (Å²) in [6.07, 6.45) is -0.817. The van der Waals surface area contributed by atoms with Gasteiger partial charge in [0.1, 0.15) is 11.6 Å². The Kier molecular flexibility index (Phi) is 6.28. The molecule has 1 aliphatic rings. The summed E-state index contributed by atoms with van der Waals surface area (Å²) < 4.78 is 50.1. The number of ether oxygens (including phenoxy) is 2. The lowest BCUT2D eigenvalue weighted by Crippen LogP contribution is -2.40. The molecule has 0 aliphatic carbocycles. The van der Waals surface area contributed by atoms with Gasteiger partial charge in [0.25, 0.3) is 5.91 Å². The van der Waals surface area contributed by atoms with Gasteiger partial charge in [0.2, 0.25) is 10.0 Å². The monoisotopic (exact) mass is 408 g/mol. The van der Waals surface area contributed by atoms with Crippen LogP contribution in [0.3, 0.4) is 0 Å². The van der Waals surface area contributed by atoms with Crippen molar-refractivity contribution in [1.82, 2.24) is 4.31 Å². The Balaban J connectivity index is 1.61. The molecule has 0 spiro atoms. The molecular formula is C19H21FN2O5S. The molecule has 0 unspecified atom stereocenters. The zero-order valence-corrected chi connectivity index (χ0v) is 16.1. The lowest BCUT2D eigenvalue weighted by molar-refractivity contribution is -0.122. The van der Waals surface area contributed by atoms with E-state index < -0.39 is 27.9 Å². The van der Waals surface area contributed by atoms with E-state index in [1.807, 2.05) is 0 Å². The highest BCUT2D eigenvalue weighted by Gasteiger charge is 2.26. The van der Waals surface area contributed by atoms with Crippen LogP contribution in [-0.2, 0) is 19.6 Å². The Labute approximate surface area is 163 Å². The lowest BCUT2D eigenvalue weighted by Gasteiger charge is -2.26. The van der Waals surface area contributed by atoms with E-state index in [-0.39, 0.29) is 4.90 Å². The van der Waals surface area contributed by atoms with Crippen LogP contribution in [0, 0.1) is 5.82 Å². The second kappa shape index (κ2) is 8.68. The highest BCUT2D eigenvalue weighted by Crippen LogP contribution is 2.20. The van der Waals surface area contributed by atoms with E-state index >= 15 is 0 Å². The van der Waals surface area contributed by atoms with Gasteiger partial charge in [-0.3, -0.25) is 4.79 Å². The molecule has 3 rings (SSSR count). The first-order valence-corrected chi connectivity index (χ1v) is 10.2. The summed E-state index contributed by atoms with van der Waals surface area (Å²) in [5.74, 6) is -0.430. The maximum Gasteiger partial charge on any atom is 0.265 e. The molecule has 150 valence electrons. The smallest absolute Gasteiger partial charge is 0.265 e. The standard InChI is InChI=1S/C19H21FN2O5S/c1-14(27-17-6-2-15(20)3-7-17)19(23)21-16-4-8-18(9-5-16)28(24,25)22-10-12-26-13-11-22/h2-9,14H,10-13H2,1H3,(H,21,23)/t14-/m1/s1. The third-order valence-corrected chi connectivity index (χ3v) is 6.14. The topological polar surface area (TPSA) is 84.9 Å². The molecule has 0 radical (unpaired) electrons. The Hall–Kier alpha value is -2.49. The molecule has 28 heavy (non-hydrogen) atoms. The zero-order valence-electron chi connectivity index (χ0n) is 15.3. The normalized spacial score (nSPS) is 16.4. The van der Waals surface area contributed by atoms with Gasteiger partial charge in [-0.05, 0) is 55.5 Å². The third-order valence-electron chi connectivity index (χ3n) is 4.23. The van der Waals surface area contributed by atoms with Crippen molar-refractivity contribution in [3.63, 3.8) is 0 Å². The van der Waals surface area contributed by atoms with E-state index in [1.54, 1.807) is 6.92 Å². The van der Waals surface area contributed by atoms with Crippen LogP contribution in [0.15, 0.2) is 53.4 Å². The Morgan fingerprint density at radius 1 is 1.11 bits per heavy atom. The largest absolute Gasteiger partial charge is 0.481 e. The molecular weight excluding hydrogens is 387 g/mol. The molecule has 1 N–H and O–H groups in total. The van der Waals surface area contributed by atoms with E-state index in [9.17, 15) is 17.6 Å².